The quantitative estimate of drug-likeness (QED) is 0.735. The average molecular weight is 239 g/mol. The van der Waals surface area contributed by atoms with Crippen molar-refractivity contribution in [3.8, 4) is 0 Å². The van der Waals surface area contributed by atoms with Crippen molar-refractivity contribution >= 4 is 5.91 Å². The van der Waals surface area contributed by atoms with Gasteiger partial charge >= 0.3 is 0 Å². The highest BCUT2D eigenvalue weighted by Crippen LogP contribution is 2.26. The highest BCUT2D eigenvalue weighted by molar-refractivity contribution is 5.83. The second kappa shape index (κ2) is 4.94. The Morgan fingerprint density at radius 1 is 1.53 bits per heavy atom. The number of amides is 1. The van der Waals surface area contributed by atoms with Gasteiger partial charge in [-0.3, -0.25) is 4.79 Å². The summed E-state index contributed by atoms with van der Waals surface area (Å²) in [5.41, 5.74) is -0.191. The Bertz CT molecular complexity index is 286. The predicted molar refractivity (Wildman–Crippen MR) is 68.8 cm³/mol. The molecule has 0 radical (unpaired) electrons. The lowest BCUT2D eigenvalue weighted by Gasteiger charge is -2.36. The lowest BCUT2D eigenvalue weighted by molar-refractivity contribution is -0.130. The van der Waals surface area contributed by atoms with Gasteiger partial charge in [0.15, 0.2) is 0 Å². The molecule has 0 saturated carbocycles. The number of likely N-dealkylation sites (tertiary alicyclic amines) is 1. The van der Waals surface area contributed by atoms with Crippen LogP contribution in [0.5, 0.6) is 0 Å². The van der Waals surface area contributed by atoms with Crippen LogP contribution in [0.4, 0.5) is 0 Å². The third kappa shape index (κ3) is 2.80. The number of carbonyl (C=O) groups is 1. The van der Waals surface area contributed by atoms with Crippen LogP contribution in [0, 0.1) is 11.3 Å². The van der Waals surface area contributed by atoms with Crippen LogP contribution in [-0.4, -0.2) is 50.1 Å². The van der Waals surface area contributed by atoms with Crippen molar-refractivity contribution in [3.63, 3.8) is 0 Å². The fraction of sp³-hybridized carbons (Fsp3) is 0.923. The van der Waals surface area contributed by atoms with Crippen molar-refractivity contribution in [2.45, 2.75) is 32.7 Å². The molecule has 0 aromatic rings. The van der Waals surface area contributed by atoms with Crippen LogP contribution in [0.3, 0.4) is 0 Å². The van der Waals surface area contributed by atoms with Crippen LogP contribution in [0.15, 0.2) is 0 Å². The van der Waals surface area contributed by atoms with Crippen LogP contribution in [0.1, 0.15) is 26.7 Å². The molecule has 2 saturated heterocycles. The minimum absolute atomic E-state index is 0.191. The van der Waals surface area contributed by atoms with Gasteiger partial charge in [-0.05, 0) is 45.8 Å². The first-order valence-corrected chi connectivity index (χ1v) is 6.71. The summed E-state index contributed by atoms with van der Waals surface area (Å²) in [5.74, 6) is 0.791. The van der Waals surface area contributed by atoms with Gasteiger partial charge in [-0.15, -0.1) is 0 Å². The number of hydrogen-bond donors (Lipinski definition) is 2. The molecule has 1 amide bonds. The van der Waals surface area contributed by atoms with Crippen molar-refractivity contribution < 1.29 is 4.79 Å². The fourth-order valence-corrected chi connectivity index (χ4v) is 2.92. The molecule has 17 heavy (non-hydrogen) atoms. The Kier molecular flexibility index (Phi) is 3.73. The van der Waals surface area contributed by atoms with Gasteiger partial charge < -0.3 is 15.5 Å². The first-order chi connectivity index (χ1) is 8.01. The van der Waals surface area contributed by atoms with Gasteiger partial charge in [-0.25, -0.2) is 0 Å². The Hall–Kier alpha value is -0.610. The molecule has 0 aliphatic carbocycles. The first-order valence-electron chi connectivity index (χ1n) is 6.71. The van der Waals surface area contributed by atoms with E-state index >= 15 is 0 Å². The van der Waals surface area contributed by atoms with Gasteiger partial charge in [-0.2, -0.15) is 0 Å². The summed E-state index contributed by atoms with van der Waals surface area (Å²) in [7, 11) is 2.15. The summed E-state index contributed by atoms with van der Waals surface area (Å²) in [5, 5.41) is 6.55. The number of hydrogen-bond acceptors (Lipinski definition) is 3. The van der Waals surface area contributed by atoms with E-state index in [-0.39, 0.29) is 11.3 Å². The SMILES string of the molecule is CC1CN(C)CCC1NC(=O)C1(C)CCNC1. The molecule has 2 fully saturated rings. The molecular formula is C13H25N3O. The van der Waals surface area contributed by atoms with E-state index in [1.54, 1.807) is 0 Å². The van der Waals surface area contributed by atoms with Gasteiger partial charge in [0, 0.05) is 19.1 Å². The average Bonchev–Trinajstić information content (AvgIpc) is 2.71. The van der Waals surface area contributed by atoms with Gasteiger partial charge in [0.1, 0.15) is 0 Å². The summed E-state index contributed by atoms with van der Waals surface area (Å²) in [4.78, 5) is 14.6. The Morgan fingerprint density at radius 3 is 2.88 bits per heavy atom. The molecule has 2 rings (SSSR count). The van der Waals surface area contributed by atoms with E-state index in [1.165, 1.54) is 0 Å². The molecule has 0 aromatic carbocycles. The third-order valence-corrected chi connectivity index (χ3v) is 4.34. The van der Waals surface area contributed by atoms with Crippen LogP contribution >= 0.6 is 0 Å². The van der Waals surface area contributed by atoms with E-state index in [4.69, 9.17) is 0 Å². The molecule has 4 nitrogen and oxygen atoms in total. The molecule has 2 heterocycles. The van der Waals surface area contributed by atoms with Crippen molar-refractivity contribution in [2.24, 2.45) is 11.3 Å². The summed E-state index contributed by atoms with van der Waals surface area (Å²) in [6.45, 7) is 8.26. The maximum absolute atomic E-state index is 12.3. The van der Waals surface area contributed by atoms with Gasteiger partial charge in [0.2, 0.25) is 5.91 Å². The number of carbonyl (C=O) groups excluding carboxylic acids is 1. The van der Waals surface area contributed by atoms with Crippen molar-refractivity contribution in [3.05, 3.63) is 0 Å². The molecule has 0 bridgehead atoms. The highest BCUT2D eigenvalue weighted by atomic mass is 16.2. The highest BCUT2D eigenvalue weighted by Gasteiger charge is 2.38. The topological polar surface area (TPSA) is 44.4 Å². The van der Waals surface area contributed by atoms with Crippen LogP contribution in [-0.2, 0) is 4.79 Å². The minimum Gasteiger partial charge on any atom is -0.352 e. The molecule has 0 spiro atoms. The van der Waals surface area contributed by atoms with Crippen molar-refractivity contribution in [2.75, 3.05) is 33.2 Å². The zero-order valence-corrected chi connectivity index (χ0v) is 11.3. The maximum atomic E-state index is 12.3. The van der Waals surface area contributed by atoms with Crippen molar-refractivity contribution in [1.82, 2.24) is 15.5 Å². The third-order valence-electron chi connectivity index (χ3n) is 4.34. The predicted octanol–water partition coefficient (Wildman–Crippen LogP) is 0.442. The smallest absolute Gasteiger partial charge is 0.227 e. The Morgan fingerprint density at radius 2 is 2.29 bits per heavy atom. The normalized spacial score (nSPS) is 39.2. The largest absolute Gasteiger partial charge is 0.352 e. The summed E-state index contributed by atoms with van der Waals surface area (Å²) in [6, 6.07) is 0.358. The molecule has 98 valence electrons. The number of nitrogens with one attached hydrogen (secondary N) is 2. The number of piperidine rings is 1. The zero-order chi connectivity index (χ0) is 12.5. The van der Waals surface area contributed by atoms with E-state index in [0.717, 1.165) is 39.0 Å². The van der Waals surface area contributed by atoms with Gasteiger partial charge in [0.25, 0.3) is 0 Å². The zero-order valence-electron chi connectivity index (χ0n) is 11.3. The molecular weight excluding hydrogens is 214 g/mol. The Labute approximate surface area is 104 Å². The molecule has 4 heteroatoms. The monoisotopic (exact) mass is 239 g/mol. The second-order valence-corrected chi connectivity index (χ2v) is 6.10. The second-order valence-electron chi connectivity index (χ2n) is 6.10. The number of rotatable bonds is 2. The standard InChI is InChI=1S/C13H25N3O/c1-10-8-16(3)7-4-11(10)15-12(17)13(2)5-6-14-9-13/h10-11,14H,4-9H2,1-3H3,(H,15,17). The van der Waals surface area contributed by atoms with Gasteiger partial charge in [-0.1, -0.05) is 6.92 Å². The maximum Gasteiger partial charge on any atom is 0.227 e. The van der Waals surface area contributed by atoms with Crippen LogP contribution in [0.2, 0.25) is 0 Å². The van der Waals surface area contributed by atoms with Crippen LogP contribution in [0.25, 0.3) is 0 Å². The lowest BCUT2D eigenvalue weighted by atomic mass is 9.86. The first kappa shape index (κ1) is 12.8. The lowest BCUT2D eigenvalue weighted by Crippen LogP contribution is -2.52. The van der Waals surface area contributed by atoms with E-state index in [9.17, 15) is 4.79 Å². The molecule has 0 aromatic heterocycles. The molecule has 3 atom stereocenters. The van der Waals surface area contributed by atoms with E-state index in [1.807, 2.05) is 0 Å². The summed E-state index contributed by atoms with van der Waals surface area (Å²) < 4.78 is 0. The number of nitrogens with zero attached hydrogens (tertiary/aromatic N) is 1. The molecule has 2 N–H and O–H groups in total. The van der Waals surface area contributed by atoms with Gasteiger partial charge in [0.05, 0.1) is 5.41 Å². The molecule has 3 unspecified atom stereocenters. The molecule has 2 aliphatic heterocycles. The van der Waals surface area contributed by atoms with Crippen molar-refractivity contribution in [1.29, 1.82) is 0 Å². The minimum atomic E-state index is -0.191. The van der Waals surface area contributed by atoms with E-state index in [2.05, 4.69) is 36.4 Å². The summed E-state index contributed by atoms with van der Waals surface area (Å²) in [6.07, 6.45) is 2.03. The van der Waals surface area contributed by atoms with E-state index in [0.29, 0.717) is 12.0 Å². The Balaban J connectivity index is 1.90. The summed E-state index contributed by atoms with van der Waals surface area (Å²) >= 11 is 0. The molecule has 2 aliphatic rings. The fourth-order valence-electron chi connectivity index (χ4n) is 2.92. The van der Waals surface area contributed by atoms with Crippen LogP contribution < -0.4 is 10.6 Å². The van der Waals surface area contributed by atoms with E-state index < -0.39 is 0 Å².